The molecule has 4 rings (SSSR count). The lowest BCUT2D eigenvalue weighted by molar-refractivity contribution is -0.132. The summed E-state index contributed by atoms with van der Waals surface area (Å²) in [6.07, 6.45) is 5.73. The normalized spacial score (nSPS) is 15.2. The molecular weight excluding hydrogens is 336 g/mol. The van der Waals surface area contributed by atoms with Crippen molar-refractivity contribution in [3.63, 3.8) is 0 Å². The number of piperidine rings is 1. The highest BCUT2D eigenvalue weighted by Crippen LogP contribution is 2.30. The number of carbonyl (C=O) groups is 1. The first-order valence-electron chi connectivity index (χ1n) is 9.55. The lowest BCUT2D eigenvalue weighted by Crippen LogP contribution is -2.40. The highest BCUT2D eigenvalue weighted by molar-refractivity contribution is 5.78. The predicted molar refractivity (Wildman–Crippen MR) is 104 cm³/mol. The molecule has 0 unspecified atom stereocenters. The van der Waals surface area contributed by atoms with Crippen LogP contribution in [0.1, 0.15) is 42.3 Å². The second-order valence-electron chi connectivity index (χ2n) is 7.04. The molecule has 0 saturated carbocycles. The molecule has 1 aliphatic heterocycles. The second-order valence-corrected chi connectivity index (χ2v) is 7.04. The molecule has 1 fully saturated rings. The maximum atomic E-state index is 13.0. The Morgan fingerprint density at radius 2 is 1.41 bits per heavy atom. The van der Waals surface area contributed by atoms with Gasteiger partial charge in [0.05, 0.1) is 18.4 Å². The Labute approximate surface area is 159 Å². The monoisotopic (exact) mass is 360 g/mol. The Morgan fingerprint density at radius 3 is 1.93 bits per heavy atom. The van der Waals surface area contributed by atoms with Gasteiger partial charge < -0.3 is 4.90 Å². The summed E-state index contributed by atoms with van der Waals surface area (Å²) in [6, 6.07) is 20.9. The molecule has 0 spiro atoms. The number of hydrogen-bond donors (Lipinski definition) is 0. The lowest BCUT2D eigenvalue weighted by Gasteiger charge is -2.32. The summed E-state index contributed by atoms with van der Waals surface area (Å²) in [5, 5.41) is 8.48. The standard InChI is InChI=1S/C22H24N4O/c27-22(25-15-11-20(12-16-25)26-23-13-14-24-26)17-21(18-7-3-1-4-8-18)19-9-5-2-6-10-19/h1-10,13-14,20-21H,11-12,15-17H2. The zero-order valence-electron chi connectivity index (χ0n) is 15.3. The van der Waals surface area contributed by atoms with Gasteiger partial charge in [-0.15, -0.1) is 0 Å². The fraction of sp³-hybridized carbons (Fsp3) is 0.318. The number of benzene rings is 2. The van der Waals surface area contributed by atoms with Gasteiger partial charge >= 0.3 is 0 Å². The van der Waals surface area contributed by atoms with E-state index >= 15 is 0 Å². The molecule has 0 bridgehead atoms. The molecule has 1 amide bonds. The molecule has 1 aliphatic rings. The lowest BCUT2D eigenvalue weighted by atomic mass is 9.88. The van der Waals surface area contributed by atoms with Crippen LogP contribution in [-0.2, 0) is 4.79 Å². The fourth-order valence-corrected chi connectivity index (χ4v) is 3.86. The van der Waals surface area contributed by atoms with Gasteiger partial charge in [0, 0.05) is 25.4 Å². The van der Waals surface area contributed by atoms with Crippen LogP contribution < -0.4 is 0 Å². The van der Waals surface area contributed by atoms with Crippen LogP contribution in [0.15, 0.2) is 73.1 Å². The maximum absolute atomic E-state index is 13.0. The third-order valence-electron chi connectivity index (χ3n) is 5.36. The first kappa shape index (κ1) is 17.5. The minimum Gasteiger partial charge on any atom is -0.343 e. The highest BCUT2D eigenvalue weighted by Gasteiger charge is 2.27. The molecule has 2 aromatic carbocycles. The SMILES string of the molecule is O=C(CC(c1ccccc1)c1ccccc1)N1CCC(n2nccn2)CC1. The van der Waals surface area contributed by atoms with E-state index < -0.39 is 0 Å². The number of amides is 1. The van der Waals surface area contributed by atoms with E-state index in [1.165, 1.54) is 11.1 Å². The number of rotatable bonds is 5. The molecule has 5 nitrogen and oxygen atoms in total. The van der Waals surface area contributed by atoms with Crippen molar-refractivity contribution in [2.24, 2.45) is 0 Å². The largest absolute Gasteiger partial charge is 0.343 e. The molecule has 0 N–H and O–H groups in total. The zero-order chi connectivity index (χ0) is 18.5. The molecule has 2 heterocycles. The van der Waals surface area contributed by atoms with Gasteiger partial charge in [-0.1, -0.05) is 60.7 Å². The summed E-state index contributed by atoms with van der Waals surface area (Å²) in [4.78, 5) is 16.8. The summed E-state index contributed by atoms with van der Waals surface area (Å²) < 4.78 is 0. The van der Waals surface area contributed by atoms with Crippen LogP contribution in [-0.4, -0.2) is 38.9 Å². The minimum atomic E-state index is 0.0883. The van der Waals surface area contributed by atoms with E-state index in [1.54, 1.807) is 17.2 Å². The minimum absolute atomic E-state index is 0.0883. The van der Waals surface area contributed by atoms with E-state index in [4.69, 9.17) is 0 Å². The number of nitrogens with zero attached hydrogens (tertiary/aromatic N) is 4. The third kappa shape index (κ3) is 4.08. The molecule has 27 heavy (non-hydrogen) atoms. The molecule has 138 valence electrons. The molecule has 1 saturated heterocycles. The van der Waals surface area contributed by atoms with Gasteiger partial charge in [-0.2, -0.15) is 15.0 Å². The van der Waals surface area contributed by atoms with E-state index in [-0.39, 0.29) is 11.8 Å². The van der Waals surface area contributed by atoms with Crippen molar-refractivity contribution in [2.75, 3.05) is 13.1 Å². The zero-order valence-corrected chi connectivity index (χ0v) is 15.3. The number of likely N-dealkylation sites (tertiary alicyclic amines) is 1. The van der Waals surface area contributed by atoms with Crippen LogP contribution in [0.4, 0.5) is 0 Å². The van der Waals surface area contributed by atoms with E-state index in [2.05, 4.69) is 34.5 Å². The van der Waals surface area contributed by atoms with Gasteiger partial charge in [0.1, 0.15) is 0 Å². The maximum Gasteiger partial charge on any atom is 0.223 e. The van der Waals surface area contributed by atoms with Crippen LogP contribution in [0, 0.1) is 0 Å². The molecule has 0 aliphatic carbocycles. The molecule has 0 radical (unpaired) electrons. The molecule has 1 aromatic heterocycles. The van der Waals surface area contributed by atoms with Gasteiger partial charge in [-0.05, 0) is 24.0 Å². The Morgan fingerprint density at radius 1 is 0.889 bits per heavy atom. The first-order valence-corrected chi connectivity index (χ1v) is 9.55. The number of aromatic nitrogens is 3. The van der Waals surface area contributed by atoms with Crippen molar-refractivity contribution in [1.29, 1.82) is 0 Å². The van der Waals surface area contributed by atoms with Gasteiger partial charge in [0.25, 0.3) is 0 Å². The average Bonchev–Trinajstić information content (AvgIpc) is 3.28. The highest BCUT2D eigenvalue weighted by atomic mass is 16.2. The molecule has 5 heteroatoms. The summed E-state index contributed by atoms with van der Waals surface area (Å²) in [6.45, 7) is 1.53. The van der Waals surface area contributed by atoms with Crippen molar-refractivity contribution in [2.45, 2.75) is 31.2 Å². The van der Waals surface area contributed by atoms with E-state index in [1.807, 2.05) is 41.3 Å². The van der Waals surface area contributed by atoms with E-state index in [0.29, 0.717) is 12.5 Å². The number of carbonyl (C=O) groups excluding carboxylic acids is 1. The van der Waals surface area contributed by atoms with Gasteiger partial charge in [0.2, 0.25) is 5.91 Å². The quantitative estimate of drug-likeness (QED) is 0.698. The van der Waals surface area contributed by atoms with Crippen molar-refractivity contribution < 1.29 is 4.79 Å². The van der Waals surface area contributed by atoms with E-state index in [0.717, 1.165) is 25.9 Å². The molecular formula is C22H24N4O. The Balaban J connectivity index is 1.45. The smallest absolute Gasteiger partial charge is 0.223 e. The van der Waals surface area contributed by atoms with E-state index in [9.17, 15) is 4.79 Å². The van der Waals surface area contributed by atoms with Crippen LogP contribution in [0.3, 0.4) is 0 Å². The van der Waals surface area contributed by atoms with Crippen molar-refractivity contribution in [1.82, 2.24) is 19.9 Å². The summed E-state index contributed by atoms with van der Waals surface area (Å²) in [5.41, 5.74) is 2.38. The first-order chi connectivity index (χ1) is 13.3. The fourth-order valence-electron chi connectivity index (χ4n) is 3.86. The van der Waals surface area contributed by atoms with Crippen molar-refractivity contribution in [3.05, 3.63) is 84.2 Å². The Kier molecular flexibility index (Phi) is 5.28. The summed E-state index contributed by atoms with van der Waals surface area (Å²) in [7, 11) is 0. The van der Waals surface area contributed by atoms with Crippen LogP contribution >= 0.6 is 0 Å². The van der Waals surface area contributed by atoms with Crippen molar-refractivity contribution in [3.8, 4) is 0 Å². The Bertz CT molecular complexity index is 801. The van der Waals surface area contributed by atoms with Crippen LogP contribution in [0.25, 0.3) is 0 Å². The summed E-state index contributed by atoms with van der Waals surface area (Å²) >= 11 is 0. The summed E-state index contributed by atoms with van der Waals surface area (Å²) in [5.74, 6) is 0.310. The van der Waals surface area contributed by atoms with Gasteiger partial charge in [-0.3, -0.25) is 4.79 Å². The molecule has 3 aromatic rings. The van der Waals surface area contributed by atoms with Gasteiger partial charge in [-0.25, -0.2) is 0 Å². The van der Waals surface area contributed by atoms with Crippen LogP contribution in [0.5, 0.6) is 0 Å². The molecule has 0 atom stereocenters. The van der Waals surface area contributed by atoms with Crippen LogP contribution in [0.2, 0.25) is 0 Å². The Hall–Kier alpha value is -2.95. The van der Waals surface area contributed by atoms with Gasteiger partial charge in [0.15, 0.2) is 0 Å². The second kappa shape index (κ2) is 8.16. The number of hydrogen-bond acceptors (Lipinski definition) is 3. The van der Waals surface area contributed by atoms with Crippen molar-refractivity contribution >= 4 is 5.91 Å². The predicted octanol–water partition coefficient (Wildman–Crippen LogP) is 3.66. The third-order valence-corrected chi connectivity index (χ3v) is 5.36. The average molecular weight is 360 g/mol. The topological polar surface area (TPSA) is 51.0 Å².